The second kappa shape index (κ2) is 8.51. The molecule has 1 fully saturated rings. The number of methoxy groups -OCH3 is 1. The summed E-state index contributed by atoms with van der Waals surface area (Å²) in [4.78, 5) is 15.6. The molecule has 112 valence electrons. The fourth-order valence-electron chi connectivity index (χ4n) is 2.41. The standard InChI is InChI=1S/C14H29N3O2/c1-5-12(11-19-4)15-13-6-8-17(9-7-13)10-14(18)16(2)3/h12-13,15H,5-11H2,1-4H3. The molecule has 1 amide bonds. The monoisotopic (exact) mass is 271 g/mol. The van der Waals surface area contributed by atoms with Gasteiger partial charge >= 0.3 is 0 Å². The lowest BCUT2D eigenvalue weighted by Crippen LogP contribution is -2.49. The highest BCUT2D eigenvalue weighted by Crippen LogP contribution is 2.11. The number of piperidine rings is 1. The minimum absolute atomic E-state index is 0.192. The number of carbonyl (C=O) groups excluding carboxylic acids is 1. The third-order valence-electron chi connectivity index (χ3n) is 3.78. The third kappa shape index (κ3) is 5.89. The van der Waals surface area contributed by atoms with Gasteiger partial charge in [-0.2, -0.15) is 0 Å². The van der Waals surface area contributed by atoms with E-state index in [9.17, 15) is 4.79 Å². The van der Waals surface area contributed by atoms with Gasteiger partial charge in [0, 0.05) is 46.4 Å². The number of likely N-dealkylation sites (tertiary alicyclic amines) is 1. The normalized spacial score (nSPS) is 19.4. The predicted molar refractivity (Wildman–Crippen MR) is 77.2 cm³/mol. The van der Waals surface area contributed by atoms with Crippen LogP contribution < -0.4 is 5.32 Å². The first kappa shape index (κ1) is 16.4. The first-order chi connectivity index (χ1) is 9.06. The summed E-state index contributed by atoms with van der Waals surface area (Å²) in [5.41, 5.74) is 0. The third-order valence-corrected chi connectivity index (χ3v) is 3.78. The van der Waals surface area contributed by atoms with Gasteiger partial charge in [0.15, 0.2) is 0 Å². The van der Waals surface area contributed by atoms with Crippen molar-refractivity contribution in [2.45, 2.75) is 38.3 Å². The van der Waals surface area contributed by atoms with E-state index in [1.54, 1.807) is 12.0 Å². The van der Waals surface area contributed by atoms with E-state index in [1.165, 1.54) is 0 Å². The predicted octanol–water partition coefficient (Wildman–Crippen LogP) is 0.554. The van der Waals surface area contributed by atoms with Gasteiger partial charge in [-0.05, 0) is 19.3 Å². The Bertz CT molecular complexity index is 263. The molecule has 1 aliphatic heterocycles. The fraction of sp³-hybridized carbons (Fsp3) is 0.929. The first-order valence-corrected chi connectivity index (χ1v) is 7.24. The Hall–Kier alpha value is -0.650. The van der Waals surface area contributed by atoms with Crippen LogP contribution in [-0.4, -0.2) is 75.2 Å². The molecule has 0 aromatic rings. The van der Waals surface area contributed by atoms with Crippen molar-refractivity contribution in [3.63, 3.8) is 0 Å². The number of nitrogens with one attached hydrogen (secondary N) is 1. The van der Waals surface area contributed by atoms with E-state index >= 15 is 0 Å². The van der Waals surface area contributed by atoms with Gasteiger partial charge in [0.1, 0.15) is 0 Å². The Morgan fingerprint density at radius 1 is 1.42 bits per heavy atom. The Morgan fingerprint density at radius 2 is 2.05 bits per heavy atom. The molecule has 1 unspecified atom stereocenters. The van der Waals surface area contributed by atoms with Crippen molar-refractivity contribution >= 4 is 5.91 Å². The Labute approximate surface area is 117 Å². The van der Waals surface area contributed by atoms with Crippen LogP contribution in [-0.2, 0) is 9.53 Å². The lowest BCUT2D eigenvalue weighted by molar-refractivity contribution is -0.130. The minimum atomic E-state index is 0.192. The number of likely N-dealkylation sites (N-methyl/N-ethyl adjacent to an activating group) is 1. The number of ether oxygens (including phenoxy) is 1. The number of rotatable bonds is 7. The molecule has 0 aromatic heterocycles. The molecule has 0 aromatic carbocycles. The van der Waals surface area contributed by atoms with E-state index in [1.807, 2.05) is 14.1 Å². The van der Waals surface area contributed by atoms with E-state index in [2.05, 4.69) is 17.1 Å². The fourth-order valence-corrected chi connectivity index (χ4v) is 2.41. The van der Waals surface area contributed by atoms with Gasteiger partial charge in [0.25, 0.3) is 0 Å². The summed E-state index contributed by atoms with van der Waals surface area (Å²) in [5.74, 6) is 0.192. The highest BCUT2D eigenvalue weighted by atomic mass is 16.5. The number of hydrogen-bond donors (Lipinski definition) is 1. The van der Waals surface area contributed by atoms with Crippen molar-refractivity contribution in [2.24, 2.45) is 0 Å². The molecule has 1 saturated heterocycles. The quantitative estimate of drug-likeness (QED) is 0.735. The molecule has 5 heteroatoms. The summed E-state index contributed by atoms with van der Waals surface area (Å²) in [7, 11) is 5.38. The van der Waals surface area contributed by atoms with Crippen LogP contribution in [0.15, 0.2) is 0 Å². The second-order valence-electron chi connectivity index (χ2n) is 5.57. The van der Waals surface area contributed by atoms with Crippen LogP contribution in [0.4, 0.5) is 0 Å². The molecule has 0 saturated carbocycles. The van der Waals surface area contributed by atoms with Crippen molar-refractivity contribution in [1.29, 1.82) is 0 Å². The summed E-state index contributed by atoms with van der Waals surface area (Å²) < 4.78 is 5.21. The van der Waals surface area contributed by atoms with Gasteiger partial charge in [-0.3, -0.25) is 9.69 Å². The van der Waals surface area contributed by atoms with Crippen LogP contribution in [0.3, 0.4) is 0 Å². The molecule has 0 aliphatic carbocycles. The van der Waals surface area contributed by atoms with Gasteiger partial charge < -0.3 is 15.0 Å². The zero-order valence-corrected chi connectivity index (χ0v) is 12.8. The van der Waals surface area contributed by atoms with E-state index < -0.39 is 0 Å². The van der Waals surface area contributed by atoms with Crippen molar-refractivity contribution in [3.8, 4) is 0 Å². The molecule has 0 bridgehead atoms. The maximum absolute atomic E-state index is 11.7. The van der Waals surface area contributed by atoms with Crippen LogP contribution in [0, 0.1) is 0 Å². The number of amides is 1. The molecule has 1 rings (SSSR count). The summed E-state index contributed by atoms with van der Waals surface area (Å²) in [6, 6.07) is 1.01. The number of carbonyl (C=O) groups is 1. The summed E-state index contributed by atoms with van der Waals surface area (Å²) in [6.45, 7) is 5.51. The van der Waals surface area contributed by atoms with Crippen LogP contribution >= 0.6 is 0 Å². The largest absolute Gasteiger partial charge is 0.383 e. The molecule has 1 aliphatic rings. The Morgan fingerprint density at radius 3 is 2.53 bits per heavy atom. The molecule has 1 heterocycles. The van der Waals surface area contributed by atoms with Gasteiger partial charge in [0.05, 0.1) is 13.2 Å². The van der Waals surface area contributed by atoms with Crippen LogP contribution in [0.2, 0.25) is 0 Å². The van der Waals surface area contributed by atoms with Crippen molar-refractivity contribution in [3.05, 3.63) is 0 Å². The molecule has 5 nitrogen and oxygen atoms in total. The summed E-state index contributed by atoms with van der Waals surface area (Å²) in [5, 5.41) is 3.66. The maximum atomic E-state index is 11.7. The van der Waals surface area contributed by atoms with Crippen molar-refractivity contribution in [2.75, 3.05) is 47.4 Å². The average Bonchev–Trinajstić information content (AvgIpc) is 2.40. The Kier molecular flexibility index (Phi) is 7.34. The molecule has 1 N–H and O–H groups in total. The topological polar surface area (TPSA) is 44.8 Å². The van der Waals surface area contributed by atoms with Gasteiger partial charge in [0.2, 0.25) is 5.91 Å². The lowest BCUT2D eigenvalue weighted by atomic mass is 10.0. The smallest absolute Gasteiger partial charge is 0.236 e. The van der Waals surface area contributed by atoms with Crippen LogP contribution in [0.25, 0.3) is 0 Å². The number of hydrogen-bond acceptors (Lipinski definition) is 4. The van der Waals surface area contributed by atoms with E-state index in [0.717, 1.165) is 39.0 Å². The molecular formula is C14H29N3O2. The average molecular weight is 271 g/mol. The highest BCUT2D eigenvalue weighted by molar-refractivity contribution is 5.77. The summed E-state index contributed by atoms with van der Waals surface area (Å²) >= 11 is 0. The number of nitrogens with zero attached hydrogens (tertiary/aromatic N) is 2. The second-order valence-corrected chi connectivity index (χ2v) is 5.57. The van der Waals surface area contributed by atoms with Crippen molar-refractivity contribution in [1.82, 2.24) is 15.1 Å². The Balaban J connectivity index is 2.26. The van der Waals surface area contributed by atoms with Gasteiger partial charge in [-0.25, -0.2) is 0 Å². The molecule has 19 heavy (non-hydrogen) atoms. The van der Waals surface area contributed by atoms with E-state index in [0.29, 0.717) is 18.6 Å². The maximum Gasteiger partial charge on any atom is 0.236 e. The zero-order chi connectivity index (χ0) is 14.3. The molecule has 1 atom stereocenters. The lowest BCUT2D eigenvalue weighted by Gasteiger charge is -2.34. The van der Waals surface area contributed by atoms with Crippen molar-refractivity contribution < 1.29 is 9.53 Å². The molecule has 0 radical (unpaired) electrons. The zero-order valence-electron chi connectivity index (χ0n) is 12.8. The first-order valence-electron chi connectivity index (χ1n) is 7.24. The molecular weight excluding hydrogens is 242 g/mol. The van der Waals surface area contributed by atoms with Gasteiger partial charge in [-0.15, -0.1) is 0 Å². The SMILES string of the molecule is CCC(COC)NC1CCN(CC(=O)N(C)C)CC1. The van der Waals surface area contributed by atoms with Gasteiger partial charge in [-0.1, -0.05) is 6.92 Å². The molecule has 0 spiro atoms. The minimum Gasteiger partial charge on any atom is -0.383 e. The van der Waals surface area contributed by atoms with E-state index in [-0.39, 0.29) is 5.91 Å². The summed E-state index contributed by atoms with van der Waals surface area (Å²) in [6.07, 6.45) is 3.31. The van der Waals surface area contributed by atoms with Crippen LogP contribution in [0.1, 0.15) is 26.2 Å². The van der Waals surface area contributed by atoms with E-state index in [4.69, 9.17) is 4.74 Å². The van der Waals surface area contributed by atoms with Crippen LogP contribution in [0.5, 0.6) is 0 Å². The highest BCUT2D eigenvalue weighted by Gasteiger charge is 2.22.